The molecule has 128 valence electrons. The van der Waals surface area contributed by atoms with E-state index in [1.54, 1.807) is 11.0 Å². The molecule has 0 aliphatic carbocycles. The first-order chi connectivity index (χ1) is 10.6. The molecular formula is C18H29N3O2. The second-order valence-electron chi connectivity index (χ2n) is 7.00. The van der Waals surface area contributed by atoms with E-state index < -0.39 is 0 Å². The summed E-state index contributed by atoms with van der Waals surface area (Å²) in [6.07, 6.45) is 0. The van der Waals surface area contributed by atoms with Gasteiger partial charge < -0.3 is 15.5 Å². The Morgan fingerprint density at radius 2 is 1.87 bits per heavy atom. The van der Waals surface area contributed by atoms with Crippen LogP contribution in [0.4, 0.5) is 5.69 Å². The summed E-state index contributed by atoms with van der Waals surface area (Å²) >= 11 is 0. The molecule has 5 heteroatoms. The van der Waals surface area contributed by atoms with Gasteiger partial charge in [0, 0.05) is 29.4 Å². The van der Waals surface area contributed by atoms with E-state index in [9.17, 15) is 9.59 Å². The maximum absolute atomic E-state index is 12.6. The Kier molecular flexibility index (Phi) is 6.61. The maximum atomic E-state index is 12.6. The van der Waals surface area contributed by atoms with Gasteiger partial charge in [-0.1, -0.05) is 6.07 Å². The summed E-state index contributed by atoms with van der Waals surface area (Å²) in [6.45, 7) is 12.3. The topological polar surface area (TPSA) is 61.4 Å². The minimum atomic E-state index is -0.305. The van der Waals surface area contributed by atoms with E-state index >= 15 is 0 Å². The number of hydrogen-bond acceptors (Lipinski definition) is 3. The van der Waals surface area contributed by atoms with Crippen LogP contribution in [0.1, 0.15) is 51.9 Å². The standard InChI is InChI=1S/C18H29N3O2/c1-7-21(12-16(22)20-18(4,5)6)17(23)14-9-8-10-15(11-14)19-13(2)3/h8-11,13,19H,7,12H2,1-6H3,(H,20,22). The quantitative estimate of drug-likeness (QED) is 0.847. The fourth-order valence-electron chi connectivity index (χ4n) is 2.22. The number of carbonyl (C=O) groups is 2. The molecule has 0 saturated carbocycles. The highest BCUT2D eigenvalue weighted by Gasteiger charge is 2.20. The Hall–Kier alpha value is -2.04. The molecule has 0 spiro atoms. The highest BCUT2D eigenvalue weighted by atomic mass is 16.2. The van der Waals surface area contributed by atoms with Crippen molar-refractivity contribution >= 4 is 17.5 Å². The number of rotatable bonds is 6. The molecule has 0 fully saturated rings. The lowest BCUT2D eigenvalue weighted by atomic mass is 10.1. The summed E-state index contributed by atoms with van der Waals surface area (Å²) in [5, 5.41) is 6.16. The first-order valence-electron chi connectivity index (χ1n) is 8.09. The Bertz CT molecular complexity index is 547. The number of anilines is 1. The monoisotopic (exact) mass is 319 g/mol. The molecule has 0 aromatic heterocycles. The predicted octanol–water partition coefficient (Wildman–Crippen LogP) is 2.88. The number of nitrogens with one attached hydrogen (secondary N) is 2. The number of benzene rings is 1. The fraction of sp³-hybridized carbons (Fsp3) is 0.556. The van der Waals surface area contributed by atoms with Crippen LogP contribution in [0, 0.1) is 0 Å². The van der Waals surface area contributed by atoms with Crippen LogP contribution in [0.5, 0.6) is 0 Å². The van der Waals surface area contributed by atoms with Gasteiger partial charge in [-0.3, -0.25) is 9.59 Å². The third kappa shape index (κ3) is 6.72. The number of nitrogens with zero attached hydrogens (tertiary/aromatic N) is 1. The van der Waals surface area contributed by atoms with E-state index in [4.69, 9.17) is 0 Å². The van der Waals surface area contributed by atoms with Crippen molar-refractivity contribution in [1.29, 1.82) is 0 Å². The molecule has 1 aromatic rings. The fourth-order valence-corrected chi connectivity index (χ4v) is 2.22. The van der Waals surface area contributed by atoms with Gasteiger partial charge in [0.05, 0.1) is 6.54 Å². The average Bonchev–Trinajstić information content (AvgIpc) is 2.41. The molecular weight excluding hydrogens is 290 g/mol. The van der Waals surface area contributed by atoms with Crippen molar-refractivity contribution in [3.63, 3.8) is 0 Å². The summed E-state index contributed by atoms with van der Waals surface area (Å²) in [5.41, 5.74) is 1.18. The van der Waals surface area contributed by atoms with Crippen molar-refractivity contribution in [1.82, 2.24) is 10.2 Å². The summed E-state index contributed by atoms with van der Waals surface area (Å²) in [5.74, 6) is -0.284. The molecule has 0 unspecified atom stereocenters. The Labute approximate surface area is 139 Å². The summed E-state index contributed by atoms with van der Waals surface area (Å²) in [7, 11) is 0. The van der Waals surface area contributed by atoms with E-state index in [0.29, 0.717) is 18.2 Å². The van der Waals surface area contributed by atoms with Gasteiger partial charge in [-0.2, -0.15) is 0 Å². The number of hydrogen-bond donors (Lipinski definition) is 2. The van der Waals surface area contributed by atoms with Crippen LogP contribution >= 0.6 is 0 Å². The number of carbonyl (C=O) groups excluding carboxylic acids is 2. The van der Waals surface area contributed by atoms with Crippen molar-refractivity contribution in [2.75, 3.05) is 18.4 Å². The minimum absolute atomic E-state index is 0.0639. The zero-order valence-electron chi connectivity index (χ0n) is 15.1. The highest BCUT2D eigenvalue weighted by molar-refractivity contribution is 5.97. The molecule has 5 nitrogen and oxygen atoms in total. The normalized spacial score (nSPS) is 11.3. The molecule has 0 bridgehead atoms. The van der Waals surface area contributed by atoms with Crippen molar-refractivity contribution in [2.45, 2.75) is 53.1 Å². The van der Waals surface area contributed by atoms with Crippen molar-refractivity contribution < 1.29 is 9.59 Å². The van der Waals surface area contributed by atoms with Crippen molar-refractivity contribution in [3.8, 4) is 0 Å². The van der Waals surface area contributed by atoms with Crippen LogP contribution in [0.25, 0.3) is 0 Å². The zero-order chi connectivity index (χ0) is 17.6. The molecule has 0 heterocycles. The second-order valence-corrected chi connectivity index (χ2v) is 7.00. The summed E-state index contributed by atoms with van der Waals surface area (Å²) in [4.78, 5) is 26.2. The Morgan fingerprint density at radius 3 is 2.39 bits per heavy atom. The van der Waals surface area contributed by atoms with Crippen molar-refractivity contribution in [2.24, 2.45) is 0 Å². The molecule has 1 aromatic carbocycles. The van der Waals surface area contributed by atoms with Crippen LogP contribution in [0.15, 0.2) is 24.3 Å². The number of likely N-dealkylation sites (N-methyl/N-ethyl adjacent to an activating group) is 1. The Balaban J connectivity index is 2.82. The van der Waals surface area contributed by atoms with E-state index in [2.05, 4.69) is 10.6 Å². The van der Waals surface area contributed by atoms with E-state index in [-0.39, 0.29) is 23.9 Å². The lowest BCUT2D eigenvalue weighted by molar-refractivity contribution is -0.123. The molecule has 2 amide bonds. The molecule has 1 rings (SSSR count). The molecule has 23 heavy (non-hydrogen) atoms. The molecule has 0 aliphatic rings. The van der Waals surface area contributed by atoms with Crippen molar-refractivity contribution in [3.05, 3.63) is 29.8 Å². The first kappa shape index (κ1) is 19.0. The predicted molar refractivity (Wildman–Crippen MR) is 94.7 cm³/mol. The first-order valence-corrected chi connectivity index (χ1v) is 8.09. The summed E-state index contributed by atoms with van der Waals surface area (Å²) < 4.78 is 0. The zero-order valence-corrected chi connectivity index (χ0v) is 15.1. The van der Waals surface area contributed by atoms with Crippen LogP contribution in [-0.2, 0) is 4.79 Å². The van der Waals surface area contributed by atoms with Crippen LogP contribution < -0.4 is 10.6 Å². The van der Waals surface area contributed by atoms with Crippen LogP contribution in [-0.4, -0.2) is 41.4 Å². The van der Waals surface area contributed by atoms with Gasteiger partial charge in [0.25, 0.3) is 5.91 Å². The van der Waals surface area contributed by atoms with Gasteiger partial charge in [-0.25, -0.2) is 0 Å². The van der Waals surface area contributed by atoms with E-state index in [1.165, 1.54) is 0 Å². The molecule has 2 N–H and O–H groups in total. The van der Waals surface area contributed by atoms with Gasteiger partial charge in [0.15, 0.2) is 0 Å². The SMILES string of the molecule is CCN(CC(=O)NC(C)(C)C)C(=O)c1cccc(NC(C)C)c1. The lowest BCUT2D eigenvalue weighted by Gasteiger charge is -2.25. The smallest absolute Gasteiger partial charge is 0.254 e. The van der Waals surface area contributed by atoms with E-state index in [1.807, 2.05) is 59.7 Å². The third-order valence-corrected chi connectivity index (χ3v) is 3.08. The van der Waals surface area contributed by atoms with Gasteiger partial charge in [-0.15, -0.1) is 0 Å². The summed E-state index contributed by atoms with van der Waals surface area (Å²) in [6, 6.07) is 7.67. The molecule has 0 atom stereocenters. The van der Waals surface area contributed by atoms with E-state index in [0.717, 1.165) is 5.69 Å². The maximum Gasteiger partial charge on any atom is 0.254 e. The van der Waals surface area contributed by atoms with Crippen LogP contribution in [0.3, 0.4) is 0 Å². The van der Waals surface area contributed by atoms with Gasteiger partial charge in [-0.05, 0) is 59.7 Å². The van der Waals surface area contributed by atoms with Gasteiger partial charge >= 0.3 is 0 Å². The molecule has 0 aliphatic heterocycles. The molecule has 0 radical (unpaired) electrons. The largest absolute Gasteiger partial charge is 0.383 e. The minimum Gasteiger partial charge on any atom is -0.383 e. The highest BCUT2D eigenvalue weighted by Crippen LogP contribution is 2.14. The Morgan fingerprint density at radius 1 is 1.22 bits per heavy atom. The third-order valence-electron chi connectivity index (χ3n) is 3.08. The van der Waals surface area contributed by atoms with Gasteiger partial charge in [0.2, 0.25) is 5.91 Å². The molecule has 0 saturated heterocycles. The lowest BCUT2D eigenvalue weighted by Crippen LogP contribution is -2.47. The second kappa shape index (κ2) is 7.99. The number of amides is 2. The van der Waals surface area contributed by atoms with Gasteiger partial charge in [0.1, 0.15) is 0 Å². The van der Waals surface area contributed by atoms with Crippen LogP contribution in [0.2, 0.25) is 0 Å². The average molecular weight is 319 g/mol.